The van der Waals surface area contributed by atoms with Gasteiger partial charge in [-0.25, -0.2) is 26.5 Å². The second kappa shape index (κ2) is 12.9. The van der Waals surface area contributed by atoms with Gasteiger partial charge in [-0.3, -0.25) is 4.90 Å². The number of aromatic nitrogens is 1. The first kappa shape index (κ1) is 31.3. The SMILES string of the molecule is COc1ccc(CN(c2nccs2)S(=O)(=O)c2cc3c(cc2F)[C@@H](N2CC[C@@H](C)C[C@H]2c2ccc(F)cc2)CCO3)c(OC)c1. The summed E-state index contributed by atoms with van der Waals surface area (Å²) in [5.74, 6) is 0.631. The summed E-state index contributed by atoms with van der Waals surface area (Å²) < 4.78 is 76.3. The number of anilines is 1. The molecular weight excluding hydrogens is 621 g/mol. The molecule has 0 unspecified atom stereocenters. The van der Waals surface area contributed by atoms with Gasteiger partial charge in [-0.15, -0.1) is 11.3 Å². The van der Waals surface area contributed by atoms with E-state index < -0.39 is 20.7 Å². The Morgan fingerprint density at radius 2 is 1.84 bits per heavy atom. The fourth-order valence-corrected chi connectivity index (χ4v) is 8.64. The molecule has 4 aromatic rings. The number of piperidine rings is 1. The largest absolute Gasteiger partial charge is 0.497 e. The number of benzene rings is 3. The summed E-state index contributed by atoms with van der Waals surface area (Å²) in [6.45, 7) is 3.19. The molecule has 2 aliphatic heterocycles. The van der Waals surface area contributed by atoms with Crippen LogP contribution in [-0.2, 0) is 16.6 Å². The van der Waals surface area contributed by atoms with Crippen molar-refractivity contribution in [1.82, 2.24) is 9.88 Å². The first-order chi connectivity index (χ1) is 21.7. The van der Waals surface area contributed by atoms with Crippen molar-refractivity contribution >= 4 is 26.5 Å². The molecule has 1 fully saturated rings. The minimum atomic E-state index is -4.44. The number of nitrogens with zero attached hydrogens (tertiary/aromatic N) is 3. The van der Waals surface area contributed by atoms with Crippen molar-refractivity contribution in [2.45, 2.75) is 49.7 Å². The Kier molecular flexibility index (Phi) is 8.98. The number of thiazole rings is 1. The Labute approximate surface area is 266 Å². The number of hydrogen-bond acceptors (Lipinski definition) is 8. The lowest BCUT2D eigenvalue weighted by Crippen LogP contribution is -2.41. The van der Waals surface area contributed by atoms with Crippen LogP contribution < -0.4 is 18.5 Å². The molecule has 0 N–H and O–H groups in total. The Morgan fingerprint density at radius 3 is 2.56 bits per heavy atom. The molecule has 3 atom stereocenters. The van der Waals surface area contributed by atoms with Crippen LogP contribution in [-0.4, -0.2) is 45.7 Å². The fourth-order valence-electron chi connectivity index (χ4n) is 6.31. The summed E-state index contributed by atoms with van der Waals surface area (Å²) in [4.78, 5) is 6.09. The molecule has 2 aliphatic rings. The van der Waals surface area contributed by atoms with Crippen LogP contribution in [0.15, 0.2) is 71.1 Å². The molecule has 238 valence electrons. The van der Waals surface area contributed by atoms with Crippen LogP contribution in [0, 0.1) is 17.6 Å². The third-order valence-electron chi connectivity index (χ3n) is 8.64. The van der Waals surface area contributed by atoms with Gasteiger partial charge in [-0.2, -0.15) is 0 Å². The van der Waals surface area contributed by atoms with Crippen LogP contribution in [0.1, 0.15) is 55.0 Å². The number of methoxy groups -OCH3 is 2. The van der Waals surface area contributed by atoms with E-state index in [1.807, 2.05) is 12.1 Å². The summed E-state index contributed by atoms with van der Waals surface area (Å²) in [6.07, 6.45) is 3.97. The van der Waals surface area contributed by atoms with Gasteiger partial charge in [0.25, 0.3) is 10.0 Å². The second-order valence-corrected chi connectivity index (χ2v) is 14.1. The van der Waals surface area contributed by atoms with E-state index in [0.29, 0.717) is 47.3 Å². The molecule has 6 rings (SSSR count). The van der Waals surface area contributed by atoms with E-state index >= 15 is 4.39 Å². The van der Waals surface area contributed by atoms with Crippen LogP contribution in [0.5, 0.6) is 17.2 Å². The zero-order valence-corrected chi connectivity index (χ0v) is 26.9. The lowest BCUT2D eigenvalue weighted by Gasteiger charge is -2.45. The number of halogens is 2. The summed E-state index contributed by atoms with van der Waals surface area (Å²) in [6, 6.07) is 14.1. The van der Waals surface area contributed by atoms with Crippen LogP contribution in [0.3, 0.4) is 0 Å². The van der Waals surface area contributed by atoms with Gasteiger partial charge in [0.15, 0.2) is 5.13 Å². The van der Waals surface area contributed by atoms with Crippen molar-refractivity contribution in [2.75, 3.05) is 31.7 Å². The van der Waals surface area contributed by atoms with Gasteiger partial charge in [0, 0.05) is 53.3 Å². The molecule has 8 nitrogen and oxygen atoms in total. The van der Waals surface area contributed by atoms with Gasteiger partial charge in [0.2, 0.25) is 0 Å². The number of likely N-dealkylation sites (tertiary alicyclic amines) is 1. The van der Waals surface area contributed by atoms with E-state index in [0.717, 1.165) is 40.6 Å². The zero-order valence-electron chi connectivity index (χ0n) is 25.3. The van der Waals surface area contributed by atoms with Crippen LogP contribution >= 0.6 is 11.3 Å². The van der Waals surface area contributed by atoms with Gasteiger partial charge < -0.3 is 14.2 Å². The highest BCUT2D eigenvalue weighted by atomic mass is 32.2. The lowest BCUT2D eigenvalue weighted by molar-refractivity contribution is 0.0485. The van der Waals surface area contributed by atoms with Crippen molar-refractivity contribution in [3.8, 4) is 17.2 Å². The van der Waals surface area contributed by atoms with E-state index in [2.05, 4.69) is 16.8 Å². The minimum absolute atomic E-state index is 0.0108. The lowest BCUT2D eigenvalue weighted by atomic mass is 9.85. The van der Waals surface area contributed by atoms with E-state index in [-0.39, 0.29) is 29.6 Å². The van der Waals surface area contributed by atoms with Crippen LogP contribution in [0.2, 0.25) is 0 Å². The molecule has 1 aromatic heterocycles. The zero-order chi connectivity index (χ0) is 31.7. The standard InChI is InChI=1S/C33H35F2N3O5S2/c1-21-10-13-37(29(16-21)22-4-7-24(34)8-5-22)28-11-14-43-31-19-32(27(35)18-26(28)31)45(39,40)38(33-36-12-15-44-33)20-23-6-9-25(41-2)17-30(23)42-3/h4-9,12,15,17-19,21,28-29H,10-11,13-14,16,20H2,1-3H3/t21-,28+,29+/m1/s1. The van der Waals surface area contributed by atoms with Crippen molar-refractivity contribution in [2.24, 2.45) is 5.92 Å². The number of hydrogen-bond donors (Lipinski definition) is 0. The molecule has 0 amide bonds. The fraction of sp³-hybridized carbons (Fsp3) is 0.364. The molecule has 3 aromatic carbocycles. The summed E-state index contributed by atoms with van der Waals surface area (Å²) >= 11 is 1.13. The van der Waals surface area contributed by atoms with Crippen molar-refractivity contribution in [3.63, 3.8) is 0 Å². The highest BCUT2D eigenvalue weighted by molar-refractivity contribution is 7.93. The summed E-state index contributed by atoms with van der Waals surface area (Å²) in [7, 11) is -1.43. The first-order valence-electron chi connectivity index (χ1n) is 14.8. The Bertz CT molecular complexity index is 1750. The predicted molar refractivity (Wildman–Crippen MR) is 169 cm³/mol. The van der Waals surface area contributed by atoms with Gasteiger partial charge in [0.1, 0.15) is 33.8 Å². The molecule has 0 aliphatic carbocycles. The van der Waals surface area contributed by atoms with E-state index in [9.17, 15) is 12.8 Å². The van der Waals surface area contributed by atoms with Crippen molar-refractivity contribution in [3.05, 3.63) is 94.5 Å². The monoisotopic (exact) mass is 655 g/mol. The highest BCUT2D eigenvalue weighted by Gasteiger charge is 2.38. The minimum Gasteiger partial charge on any atom is -0.497 e. The van der Waals surface area contributed by atoms with E-state index in [4.69, 9.17) is 14.2 Å². The van der Waals surface area contributed by atoms with Crippen LogP contribution in [0.25, 0.3) is 0 Å². The smallest absolute Gasteiger partial charge is 0.269 e. The molecule has 1 saturated heterocycles. The Morgan fingerprint density at radius 1 is 1.04 bits per heavy atom. The van der Waals surface area contributed by atoms with Gasteiger partial charge in [0.05, 0.1) is 27.4 Å². The Balaban J connectivity index is 1.37. The maximum absolute atomic E-state index is 16.1. The molecule has 0 saturated carbocycles. The molecule has 3 heterocycles. The second-order valence-electron chi connectivity index (χ2n) is 11.4. The average Bonchev–Trinajstić information content (AvgIpc) is 3.58. The summed E-state index contributed by atoms with van der Waals surface area (Å²) in [5.41, 5.74) is 2.17. The maximum Gasteiger partial charge on any atom is 0.269 e. The van der Waals surface area contributed by atoms with Gasteiger partial charge in [-0.1, -0.05) is 19.1 Å². The molecular formula is C33H35F2N3O5S2. The van der Waals surface area contributed by atoms with Crippen molar-refractivity contribution < 1.29 is 31.4 Å². The third kappa shape index (κ3) is 6.23. The summed E-state index contributed by atoms with van der Waals surface area (Å²) in [5, 5.41) is 1.85. The molecule has 0 spiro atoms. The first-order valence-corrected chi connectivity index (χ1v) is 17.1. The molecule has 45 heavy (non-hydrogen) atoms. The average molecular weight is 656 g/mol. The Hall–Kier alpha value is -3.74. The number of ether oxygens (including phenoxy) is 3. The normalized spacial score (nSPS) is 20.2. The maximum atomic E-state index is 16.1. The topological polar surface area (TPSA) is 81.2 Å². The van der Waals surface area contributed by atoms with E-state index in [1.165, 1.54) is 44.7 Å². The molecule has 0 radical (unpaired) electrons. The highest BCUT2D eigenvalue weighted by Crippen LogP contribution is 2.46. The molecule has 12 heteroatoms. The quantitative estimate of drug-likeness (QED) is 0.190. The molecule has 0 bridgehead atoms. The van der Waals surface area contributed by atoms with Gasteiger partial charge in [-0.05, 0) is 61.2 Å². The number of rotatable bonds is 9. The predicted octanol–water partition coefficient (Wildman–Crippen LogP) is 7.13. The third-order valence-corrected chi connectivity index (χ3v) is 11.3. The van der Waals surface area contributed by atoms with Gasteiger partial charge >= 0.3 is 0 Å². The number of sulfonamides is 1. The van der Waals surface area contributed by atoms with Crippen LogP contribution in [0.4, 0.5) is 13.9 Å². The van der Waals surface area contributed by atoms with Crippen molar-refractivity contribution in [1.29, 1.82) is 0 Å². The number of fused-ring (bicyclic) bond motifs is 1. The van der Waals surface area contributed by atoms with E-state index in [1.54, 1.807) is 23.6 Å².